The van der Waals surface area contributed by atoms with Crippen molar-refractivity contribution in [2.24, 2.45) is 0 Å². The molecule has 1 atom stereocenters. The van der Waals surface area contributed by atoms with Gasteiger partial charge in [-0.3, -0.25) is 13.9 Å². The summed E-state index contributed by atoms with van der Waals surface area (Å²) >= 11 is 12.6. The van der Waals surface area contributed by atoms with E-state index in [1.807, 2.05) is 44.2 Å². The summed E-state index contributed by atoms with van der Waals surface area (Å²) in [6.45, 7) is 4.92. The van der Waals surface area contributed by atoms with Gasteiger partial charge in [0.25, 0.3) is 10.0 Å². The topological polar surface area (TPSA) is 86.8 Å². The van der Waals surface area contributed by atoms with Crippen LogP contribution in [0.15, 0.2) is 83.8 Å². The molecule has 0 saturated carbocycles. The summed E-state index contributed by atoms with van der Waals surface area (Å²) in [5.41, 5.74) is 1.05. The van der Waals surface area contributed by atoms with Crippen LogP contribution in [0.25, 0.3) is 0 Å². The van der Waals surface area contributed by atoms with Crippen LogP contribution in [0.1, 0.15) is 26.3 Å². The Morgan fingerprint density at radius 3 is 2.08 bits per heavy atom. The third-order valence-corrected chi connectivity index (χ3v) is 8.48. The van der Waals surface area contributed by atoms with Gasteiger partial charge in [-0.25, -0.2) is 8.42 Å². The van der Waals surface area contributed by atoms with Gasteiger partial charge in [0, 0.05) is 12.6 Å². The lowest BCUT2D eigenvalue weighted by molar-refractivity contribution is -0.139. The first-order valence-electron chi connectivity index (χ1n) is 12.2. The molecule has 2 amide bonds. The second-order valence-electron chi connectivity index (χ2n) is 9.06. The van der Waals surface area contributed by atoms with Crippen LogP contribution in [0, 0.1) is 0 Å². The van der Waals surface area contributed by atoms with Crippen molar-refractivity contribution >= 4 is 50.7 Å². The Bertz CT molecular complexity index is 1350. The molecule has 1 N–H and O–H groups in total. The first kappa shape index (κ1) is 29.5. The molecule has 0 bridgehead atoms. The number of halogens is 2. The number of carbonyl (C=O) groups excluding carboxylic acids is 2. The van der Waals surface area contributed by atoms with Gasteiger partial charge in [-0.1, -0.05) is 77.8 Å². The van der Waals surface area contributed by atoms with Crippen molar-refractivity contribution in [3.63, 3.8) is 0 Å². The Balaban J connectivity index is 2.01. The van der Waals surface area contributed by atoms with Crippen LogP contribution < -0.4 is 9.62 Å². The predicted molar refractivity (Wildman–Crippen MR) is 152 cm³/mol. The van der Waals surface area contributed by atoms with Crippen LogP contribution in [0.4, 0.5) is 5.69 Å². The zero-order chi connectivity index (χ0) is 27.9. The van der Waals surface area contributed by atoms with Gasteiger partial charge < -0.3 is 10.2 Å². The molecule has 0 aliphatic carbocycles. The quantitative estimate of drug-likeness (QED) is 0.341. The number of amides is 2. The minimum Gasteiger partial charge on any atom is -0.352 e. The van der Waals surface area contributed by atoms with Crippen LogP contribution in [-0.4, -0.2) is 50.3 Å². The number of benzene rings is 3. The van der Waals surface area contributed by atoms with E-state index in [0.29, 0.717) is 6.42 Å². The summed E-state index contributed by atoms with van der Waals surface area (Å²) in [5.74, 6) is -0.887. The fraction of sp³-hybridized carbons (Fsp3) is 0.286. The van der Waals surface area contributed by atoms with Gasteiger partial charge in [-0.15, -0.1) is 0 Å². The van der Waals surface area contributed by atoms with Crippen LogP contribution in [0.5, 0.6) is 0 Å². The van der Waals surface area contributed by atoms with Crippen LogP contribution >= 0.6 is 23.2 Å². The van der Waals surface area contributed by atoms with Crippen molar-refractivity contribution in [3.05, 3.63) is 94.5 Å². The van der Waals surface area contributed by atoms with Crippen molar-refractivity contribution in [2.75, 3.05) is 17.4 Å². The maximum atomic E-state index is 13.8. The van der Waals surface area contributed by atoms with Crippen molar-refractivity contribution < 1.29 is 18.0 Å². The molecular weight excluding hydrogens is 545 g/mol. The number of carbonyl (C=O) groups is 2. The normalized spacial score (nSPS) is 12.2. The zero-order valence-electron chi connectivity index (χ0n) is 21.5. The Labute approximate surface area is 234 Å². The highest BCUT2D eigenvalue weighted by Gasteiger charge is 2.33. The summed E-state index contributed by atoms with van der Waals surface area (Å²) in [4.78, 5) is 28.1. The minimum atomic E-state index is -4.21. The zero-order valence-corrected chi connectivity index (χ0v) is 23.8. The highest BCUT2D eigenvalue weighted by atomic mass is 35.5. The van der Waals surface area contributed by atoms with Gasteiger partial charge in [0.05, 0.1) is 20.6 Å². The molecule has 1 unspecified atom stereocenters. The van der Waals surface area contributed by atoms with Gasteiger partial charge in [-0.2, -0.15) is 0 Å². The van der Waals surface area contributed by atoms with E-state index in [1.54, 1.807) is 31.2 Å². The molecule has 0 aliphatic heterocycles. The van der Waals surface area contributed by atoms with E-state index >= 15 is 0 Å². The molecule has 3 aromatic rings. The number of rotatable bonds is 11. The summed E-state index contributed by atoms with van der Waals surface area (Å²) in [7, 11) is -4.21. The molecule has 7 nitrogen and oxygen atoms in total. The van der Waals surface area contributed by atoms with E-state index in [-0.39, 0.29) is 39.1 Å². The van der Waals surface area contributed by atoms with E-state index in [1.165, 1.54) is 29.2 Å². The molecule has 0 fully saturated rings. The molecule has 0 radical (unpaired) electrons. The minimum absolute atomic E-state index is 0.00269. The number of sulfonamides is 1. The summed E-state index contributed by atoms with van der Waals surface area (Å²) in [5, 5.41) is 2.98. The molecule has 0 saturated heterocycles. The number of nitrogens with zero attached hydrogens (tertiary/aromatic N) is 2. The average Bonchev–Trinajstić information content (AvgIpc) is 2.89. The largest absolute Gasteiger partial charge is 0.352 e. The number of hydrogen-bond acceptors (Lipinski definition) is 4. The Morgan fingerprint density at radius 1 is 0.868 bits per heavy atom. The maximum absolute atomic E-state index is 13.8. The molecule has 0 aromatic heterocycles. The number of hydrogen-bond donors (Lipinski definition) is 1. The Morgan fingerprint density at radius 2 is 1.47 bits per heavy atom. The molecule has 0 spiro atoms. The Hall–Kier alpha value is -3.07. The van der Waals surface area contributed by atoms with Crippen LogP contribution in [-0.2, 0) is 26.0 Å². The van der Waals surface area contributed by atoms with E-state index in [0.717, 1.165) is 9.87 Å². The first-order chi connectivity index (χ1) is 18.0. The van der Waals surface area contributed by atoms with Gasteiger partial charge >= 0.3 is 0 Å². The van der Waals surface area contributed by atoms with E-state index < -0.39 is 28.5 Å². The fourth-order valence-corrected chi connectivity index (χ4v) is 5.79. The predicted octanol–water partition coefficient (Wildman–Crippen LogP) is 5.17. The second kappa shape index (κ2) is 13.1. The van der Waals surface area contributed by atoms with Crippen molar-refractivity contribution in [1.82, 2.24) is 10.2 Å². The molecule has 202 valence electrons. The van der Waals surface area contributed by atoms with Gasteiger partial charge in [-0.05, 0) is 57.0 Å². The third-order valence-electron chi connectivity index (χ3n) is 5.89. The van der Waals surface area contributed by atoms with Gasteiger partial charge in [0.15, 0.2) is 0 Å². The summed E-state index contributed by atoms with van der Waals surface area (Å²) in [6, 6.07) is 20.9. The lowest BCUT2D eigenvalue weighted by Crippen LogP contribution is -2.53. The molecule has 10 heteroatoms. The van der Waals surface area contributed by atoms with Crippen LogP contribution in [0.3, 0.4) is 0 Å². The summed E-state index contributed by atoms with van der Waals surface area (Å²) < 4.78 is 28.5. The number of nitrogens with one attached hydrogen (secondary N) is 1. The smallest absolute Gasteiger partial charge is 0.264 e. The summed E-state index contributed by atoms with van der Waals surface area (Å²) in [6.07, 6.45) is 0.481. The van der Waals surface area contributed by atoms with E-state index in [2.05, 4.69) is 5.32 Å². The highest BCUT2D eigenvalue weighted by Crippen LogP contribution is 2.35. The average molecular weight is 577 g/mol. The van der Waals surface area contributed by atoms with E-state index in [4.69, 9.17) is 23.2 Å². The van der Waals surface area contributed by atoms with Crippen molar-refractivity contribution in [2.45, 2.75) is 44.2 Å². The lowest BCUT2D eigenvalue weighted by atomic mass is 10.1. The van der Waals surface area contributed by atoms with E-state index in [9.17, 15) is 18.0 Å². The first-order valence-corrected chi connectivity index (χ1v) is 14.4. The third kappa shape index (κ3) is 7.28. The highest BCUT2D eigenvalue weighted by molar-refractivity contribution is 7.92. The van der Waals surface area contributed by atoms with Crippen LogP contribution in [0.2, 0.25) is 10.0 Å². The maximum Gasteiger partial charge on any atom is 0.264 e. The van der Waals surface area contributed by atoms with Gasteiger partial charge in [0.1, 0.15) is 12.6 Å². The van der Waals surface area contributed by atoms with Crippen molar-refractivity contribution in [3.8, 4) is 0 Å². The molecule has 3 aromatic carbocycles. The monoisotopic (exact) mass is 575 g/mol. The Kier molecular flexibility index (Phi) is 10.2. The molecule has 3 rings (SSSR count). The SMILES string of the molecule is CC(C)NC(=O)C(C)N(CCc1ccccc1)C(=O)CN(c1cccc(Cl)c1Cl)S(=O)(=O)c1ccccc1. The molecule has 0 aliphatic rings. The molecule has 0 heterocycles. The second-order valence-corrected chi connectivity index (χ2v) is 11.7. The van der Waals surface area contributed by atoms with Crippen molar-refractivity contribution in [1.29, 1.82) is 0 Å². The van der Waals surface area contributed by atoms with Gasteiger partial charge in [0.2, 0.25) is 11.8 Å². The number of anilines is 1. The molecular formula is C28H31Cl2N3O4S. The molecule has 38 heavy (non-hydrogen) atoms. The lowest BCUT2D eigenvalue weighted by Gasteiger charge is -2.32. The fourth-order valence-electron chi connectivity index (χ4n) is 3.89. The standard InChI is InChI=1S/C28H31Cl2N3O4S/c1-20(2)31-28(35)21(3)32(18-17-22-11-6-4-7-12-22)26(34)19-33(25-16-10-15-24(29)27(25)30)38(36,37)23-13-8-5-9-14-23/h4-16,20-21H,17-19H2,1-3H3,(H,31,35).